The van der Waals surface area contributed by atoms with Gasteiger partial charge in [0, 0.05) is 19.0 Å². The Hall–Kier alpha value is -3.00. The SMILES string of the molecule is CCC(=O)C=C(O)c1nc2nc(C)sc2nc1NCc1ccc(OC)cc1. The van der Waals surface area contributed by atoms with E-state index in [1.165, 1.54) is 17.4 Å². The third kappa shape index (κ3) is 4.40. The van der Waals surface area contributed by atoms with Crippen molar-refractivity contribution in [3.05, 3.63) is 46.6 Å². The van der Waals surface area contributed by atoms with Crippen molar-refractivity contribution in [2.75, 3.05) is 12.4 Å². The Labute approximate surface area is 160 Å². The molecule has 2 aromatic heterocycles. The highest BCUT2D eigenvalue weighted by molar-refractivity contribution is 7.18. The molecule has 2 N–H and O–H groups in total. The van der Waals surface area contributed by atoms with Crippen LogP contribution in [-0.4, -0.2) is 33.0 Å². The lowest BCUT2D eigenvalue weighted by atomic mass is 10.2. The van der Waals surface area contributed by atoms with Crippen LogP contribution in [0, 0.1) is 6.92 Å². The highest BCUT2D eigenvalue weighted by Crippen LogP contribution is 2.26. The van der Waals surface area contributed by atoms with Crippen molar-refractivity contribution < 1.29 is 14.6 Å². The molecule has 3 aromatic rings. The Kier molecular flexibility index (Phi) is 5.66. The van der Waals surface area contributed by atoms with Gasteiger partial charge in [-0.2, -0.15) is 0 Å². The van der Waals surface area contributed by atoms with Crippen LogP contribution in [0.1, 0.15) is 29.6 Å². The van der Waals surface area contributed by atoms with E-state index in [-0.39, 0.29) is 17.2 Å². The van der Waals surface area contributed by atoms with Gasteiger partial charge in [-0.15, -0.1) is 0 Å². The summed E-state index contributed by atoms with van der Waals surface area (Å²) in [6, 6.07) is 7.61. The number of nitrogens with zero attached hydrogens (tertiary/aromatic N) is 3. The second-order valence-corrected chi connectivity index (χ2v) is 7.02. The van der Waals surface area contributed by atoms with Crippen LogP contribution in [-0.2, 0) is 11.3 Å². The molecule has 0 bridgehead atoms. The summed E-state index contributed by atoms with van der Waals surface area (Å²) in [6.07, 6.45) is 1.47. The molecule has 0 aliphatic rings. The first kappa shape index (κ1) is 18.8. The second-order valence-electron chi connectivity index (χ2n) is 5.83. The van der Waals surface area contributed by atoms with E-state index in [2.05, 4.69) is 20.3 Å². The average Bonchev–Trinajstić information content (AvgIpc) is 3.04. The van der Waals surface area contributed by atoms with Gasteiger partial charge in [0.25, 0.3) is 0 Å². The fourth-order valence-corrected chi connectivity index (χ4v) is 3.15. The van der Waals surface area contributed by atoms with Gasteiger partial charge in [0.1, 0.15) is 17.2 Å². The summed E-state index contributed by atoms with van der Waals surface area (Å²) in [6.45, 7) is 4.08. The Bertz CT molecular complexity index is 996. The molecule has 0 aliphatic heterocycles. The van der Waals surface area contributed by atoms with E-state index in [4.69, 9.17) is 4.74 Å². The number of fused-ring (bicyclic) bond motifs is 1. The number of nitrogens with one attached hydrogen (secondary N) is 1. The number of ketones is 1. The number of carbonyl (C=O) groups excluding carboxylic acids is 1. The molecule has 0 radical (unpaired) electrons. The zero-order valence-corrected chi connectivity index (χ0v) is 16.1. The molecule has 27 heavy (non-hydrogen) atoms. The van der Waals surface area contributed by atoms with Crippen LogP contribution in [0.3, 0.4) is 0 Å². The first-order valence-electron chi connectivity index (χ1n) is 8.46. The molecule has 0 saturated heterocycles. The largest absolute Gasteiger partial charge is 0.505 e. The summed E-state index contributed by atoms with van der Waals surface area (Å²) in [5.74, 6) is 0.767. The zero-order chi connectivity index (χ0) is 19.4. The summed E-state index contributed by atoms with van der Waals surface area (Å²) in [5, 5.41) is 14.4. The molecule has 0 unspecified atom stereocenters. The Morgan fingerprint density at radius 3 is 2.67 bits per heavy atom. The van der Waals surface area contributed by atoms with Gasteiger partial charge < -0.3 is 15.2 Å². The second kappa shape index (κ2) is 8.13. The molecule has 0 aliphatic carbocycles. The molecule has 8 heteroatoms. The zero-order valence-electron chi connectivity index (χ0n) is 15.3. The fraction of sp³-hybridized carbons (Fsp3) is 0.263. The van der Waals surface area contributed by atoms with E-state index >= 15 is 0 Å². The monoisotopic (exact) mass is 384 g/mol. The normalized spacial score (nSPS) is 11.6. The van der Waals surface area contributed by atoms with Gasteiger partial charge >= 0.3 is 0 Å². The third-order valence-electron chi connectivity index (χ3n) is 3.86. The van der Waals surface area contributed by atoms with Gasteiger partial charge in [-0.3, -0.25) is 4.79 Å². The lowest BCUT2D eigenvalue weighted by Gasteiger charge is -2.10. The topological polar surface area (TPSA) is 97.2 Å². The molecule has 0 amide bonds. The summed E-state index contributed by atoms with van der Waals surface area (Å²) in [7, 11) is 1.62. The smallest absolute Gasteiger partial charge is 0.190 e. The predicted octanol–water partition coefficient (Wildman–Crippen LogP) is 3.89. The molecule has 0 fully saturated rings. The van der Waals surface area contributed by atoms with Crippen LogP contribution in [0.2, 0.25) is 0 Å². The standard InChI is InChI=1S/C19H20N4O3S/c1-4-13(24)9-15(25)16-17(23-19-18(22-16)21-11(2)27-19)20-10-12-5-7-14(26-3)8-6-12/h5-9,25H,4,10H2,1-3H3,(H,20,23). The van der Waals surface area contributed by atoms with Crippen molar-refractivity contribution in [3.8, 4) is 5.75 Å². The van der Waals surface area contributed by atoms with E-state index < -0.39 is 0 Å². The highest BCUT2D eigenvalue weighted by atomic mass is 32.1. The van der Waals surface area contributed by atoms with Crippen molar-refractivity contribution in [3.63, 3.8) is 0 Å². The highest BCUT2D eigenvalue weighted by Gasteiger charge is 2.16. The Morgan fingerprint density at radius 2 is 2.00 bits per heavy atom. The number of carbonyl (C=O) groups is 1. The minimum Gasteiger partial charge on any atom is -0.505 e. The minimum atomic E-state index is -0.223. The van der Waals surface area contributed by atoms with Crippen LogP contribution in [0.25, 0.3) is 16.2 Å². The summed E-state index contributed by atoms with van der Waals surface area (Å²) < 4.78 is 5.16. The predicted molar refractivity (Wildman–Crippen MR) is 106 cm³/mol. The average molecular weight is 384 g/mol. The van der Waals surface area contributed by atoms with Crippen molar-refractivity contribution in [2.24, 2.45) is 0 Å². The van der Waals surface area contributed by atoms with Crippen LogP contribution in [0.15, 0.2) is 30.3 Å². The van der Waals surface area contributed by atoms with Crippen molar-refractivity contribution in [1.29, 1.82) is 0 Å². The van der Waals surface area contributed by atoms with Crippen molar-refractivity contribution >= 4 is 39.2 Å². The van der Waals surface area contributed by atoms with E-state index in [0.717, 1.165) is 16.3 Å². The number of aliphatic hydroxyl groups is 1. The van der Waals surface area contributed by atoms with Crippen LogP contribution in [0.4, 0.5) is 5.82 Å². The van der Waals surface area contributed by atoms with Crippen molar-refractivity contribution in [2.45, 2.75) is 26.8 Å². The number of aliphatic hydroxyl groups excluding tert-OH is 1. The number of aryl methyl sites for hydroxylation is 1. The first-order chi connectivity index (χ1) is 13.0. The molecule has 140 valence electrons. The van der Waals surface area contributed by atoms with Crippen LogP contribution >= 0.6 is 11.3 Å². The van der Waals surface area contributed by atoms with E-state index in [0.29, 0.717) is 29.3 Å². The molecule has 7 nitrogen and oxygen atoms in total. The quantitative estimate of drug-likeness (QED) is 0.471. The fourth-order valence-electron chi connectivity index (χ4n) is 2.42. The van der Waals surface area contributed by atoms with Gasteiger partial charge in [-0.1, -0.05) is 30.4 Å². The number of aromatic nitrogens is 3. The Balaban J connectivity index is 1.94. The van der Waals surface area contributed by atoms with Gasteiger partial charge in [0.2, 0.25) is 0 Å². The number of ether oxygens (including phenoxy) is 1. The maximum Gasteiger partial charge on any atom is 0.190 e. The van der Waals surface area contributed by atoms with Crippen LogP contribution in [0.5, 0.6) is 5.75 Å². The lowest BCUT2D eigenvalue weighted by Crippen LogP contribution is -2.07. The number of hydrogen-bond acceptors (Lipinski definition) is 8. The summed E-state index contributed by atoms with van der Waals surface area (Å²) in [5.41, 5.74) is 1.67. The number of allylic oxidation sites excluding steroid dienone is 1. The number of methoxy groups -OCH3 is 1. The lowest BCUT2D eigenvalue weighted by molar-refractivity contribution is -0.114. The third-order valence-corrected chi connectivity index (χ3v) is 4.72. The molecule has 0 atom stereocenters. The summed E-state index contributed by atoms with van der Waals surface area (Å²) in [4.78, 5) is 25.6. The number of benzene rings is 1. The molecular weight excluding hydrogens is 364 g/mol. The van der Waals surface area contributed by atoms with Gasteiger partial charge in [0.15, 0.2) is 22.1 Å². The van der Waals surface area contributed by atoms with Gasteiger partial charge in [-0.25, -0.2) is 15.0 Å². The Morgan fingerprint density at radius 1 is 1.26 bits per heavy atom. The number of rotatable bonds is 7. The number of thiazole rings is 1. The van der Waals surface area contributed by atoms with Crippen LogP contribution < -0.4 is 10.1 Å². The molecular formula is C19H20N4O3S. The van der Waals surface area contributed by atoms with Gasteiger partial charge in [0.05, 0.1) is 12.1 Å². The van der Waals surface area contributed by atoms with Crippen molar-refractivity contribution in [1.82, 2.24) is 15.0 Å². The van der Waals surface area contributed by atoms with E-state index in [1.54, 1.807) is 14.0 Å². The molecule has 0 spiro atoms. The van der Waals surface area contributed by atoms with Gasteiger partial charge in [-0.05, 0) is 24.6 Å². The first-order valence-corrected chi connectivity index (χ1v) is 9.27. The van der Waals surface area contributed by atoms with E-state index in [1.807, 2.05) is 31.2 Å². The summed E-state index contributed by atoms with van der Waals surface area (Å²) >= 11 is 1.42. The minimum absolute atomic E-state index is 0.190. The molecule has 0 saturated carbocycles. The number of hydrogen-bond donors (Lipinski definition) is 2. The molecule has 1 aromatic carbocycles. The number of anilines is 1. The maximum absolute atomic E-state index is 11.7. The molecule has 3 rings (SSSR count). The van der Waals surface area contributed by atoms with E-state index in [9.17, 15) is 9.90 Å². The maximum atomic E-state index is 11.7. The molecule has 2 heterocycles.